The predicted octanol–water partition coefficient (Wildman–Crippen LogP) is 4.13. The molecule has 0 spiro atoms. The Morgan fingerprint density at radius 3 is 2.15 bits per heavy atom. The first-order valence-electron chi connectivity index (χ1n) is 6.07. The molecule has 0 radical (unpaired) electrons. The van der Waals surface area contributed by atoms with Gasteiger partial charge in [0, 0.05) is 0 Å². The van der Waals surface area contributed by atoms with Crippen molar-refractivity contribution >= 4 is 5.57 Å². The normalized spacial score (nSPS) is 12.5. The lowest BCUT2D eigenvalue weighted by atomic mass is 9.93. The molecule has 2 aromatic rings. The maximum Gasteiger partial charge on any atom is 0.417 e. The molecule has 1 nitrogen and oxygen atoms in total. The van der Waals surface area contributed by atoms with Gasteiger partial charge in [-0.25, -0.2) is 0 Å². The average molecular weight is 278 g/mol. The molecule has 0 amide bonds. The van der Waals surface area contributed by atoms with E-state index in [1.807, 2.05) is 0 Å². The second kappa shape index (κ2) is 5.92. The molecule has 2 rings (SSSR count). The van der Waals surface area contributed by atoms with E-state index < -0.39 is 11.7 Å². The van der Waals surface area contributed by atoms with E-state index in [2.05, 4.69) is 0 Å². The Morgan fingerprint density at radius 2 is 1.55 bits per heavy atom. The zero-order valence-electron chi connectivity index (χ0n) is 10.6. The summed E-state index contributed by atoms with van der Waals surface area (Å²) in [6.07, 6.45) is -3.04. The topological polar surface area (TPSA) is 20.2 Å². The van der Waals surface area contributed by atoms with Crippen molar-refractivity contribution in [2.24, 2.45) is 0 Å². The number of alkyl halides is 3. The highest BCUT2D eigenvalue weighted by Crippen LogP contribution is 2.36. The van der Waals surface area contributed by atoms with Crippen molar-refractivity contribution in [1.82, 2.24) is 0 Å². The molecule has 0 aromatic heterocycles. The first-order chi connectivity index (χ1) is 9.54. The van der Waals surface area contributed by atoms with Crippen LogP contribution in [-0.2, 0) is 6.18 Å². The van der Waals surface area contributed by atoms with Crippen molar-refractivity contribution in [1.29, 1.82) is 0 Å². The second-order valence-corrected chi connectivity index (χ2v) is 4.21. The van der Waals surface area contributed by atoms with Gasteiger partial charge in [0.05, 0.1) is 12.2 Å². The summed E-state index contributed by atoms with van der Waals surface area (Å²) >= 11 is 0. The lowest BCUT2D eigenvalue weighted by Crippen LogP contribution is -2.09. The fraction of sp³-hybridized carbons (Fsp3) is 0.125. The fourth-order valence-electron chi connectivity index (χ4n) is 2.06. The van der Waals surface area contributed by atoms with Gasteiger partial charge >= 0.3 is 6.18 Å². The third-order valence-corrected chi connectivity index (χ3v) is 2.90. The van der Waals surface area contributed by atoms with Gasteiger partial charge in [-0.15, -0.1) is 0 Å². The van der Waals surface area contributed by atoms with Crippen LogP contribution in [0.5, 0.6) is 0 Å². The molecule has 0 aliphatic heterocycles. The molecule has 20 heavy (non-hydrogen) atoms. The monoisotopic (exact) mass is 278 g/mol. The van der Waals surface area contributed by atoms with E-state index in [0.29, 0.717) is 11.1 Å². The van der Waals surface area contributed by atoms with Gasteiger partial charge in [0.2, 0.25) is 0 Å². The van der Waals surface area contributed by atoms with Crippen molar-refractivity contribution < 1.29 is 18.3 Å². The largest absolute Gasteiger partial charge is 0.417 e. The summed E-state index contributed by atoms with van der Waals surface area (Å²) in [6, 6.07) is 14.1. The molecule has 1 N–H and O–H groups in total. The average Bonchev–Trinajstić information content (AvgIpc) is 2.45. The Hall–Kier alpha value is -2.07. The van der Waals surface area contributed by atoms with Crippen LogP contribution in [0.25, 0.3) is 5.57 Å². The van der Waals surface area contributed by atoms with Gasteiger partial charge < -0.3 is 5.11 Å². The summed E-state index contributed by atoms with van der Waals surface area (Å²) in [5.41, 5.74) is 0.378. The van der Waals surface area contributed by atoms with Gasteiger partial charge in [-0.2, -0.15) is 13.2 Å². The number of aliphatic hydroxyl groups is 1. The summed E-state index contributed by atoms with van der Waals surface area (Å²) in [5.74, 6) is 0. The van der Waals surface area contributed by atoms with Crippen LogP contribution in [0.3, 0.4) is 0 Å². The maximum atomic E-state index is 13.1. The molecule has 0 fully saturated rings. The molecule has 4 heteroatoms. The molecular weight excluding hydrogens is 265 g/mol. The standard InChI is InChI=1S/C16H13F3O/c17-16(18,19)15-9-5-4-8-14(15)13(10-11-20)12-6-2-1-3-7-12/h1-10,20H,11H2/b13-10-. The Kier molecular flexibility index (Phi) is 4.25. The number of halogens is 3. The molecule has 0 bridgehead atoms. The van der Waals surface area contributed by atoms with Crippen LogP contribution in [0.4, 0.5) is 13.2 Å². The van der Waals surface area contributed by atoms with E-state index in [0.717, 1.165) is 6.07 Å². The van der Waals surface area contributed by atoms with E-state index in [9.17, 15) is 13.2 Å². The summed E-state index contributed by atoms with van der Waals surface area (Å²) < 4.78 is 39.2. The van der Waals surface area contributed by atoms with Gasteiger partial charge in [0.1, 0.15) is 0 Å². The Morgan fingerprint density at radius 1 is 0.950 bits per heavy atom. The van der Waals surface area contributed by atoms with Crippen molar-refractivity contribution in [2.45, 2.75) is 6.18 Å². The fourth-order valence-corrected chi connectivity index (χ4v) is 2.06. The second-order valence-electron chi connectivity index (χ2n) is 4.21. The molecule has 0 aliphatic rings. The minimum absolute atomic E-state index is 0.0697. The van der Waals surface area contributed by atoms with E-state index in [4.69, 9.17) is 5.11 Å². The molecular formula is C16H13F3O. The SMILES string of the molecule is OC/C=C(/c1ccccc1)c1ccccc1C(F)(F)F. The Labute approximate surface area is 115 Å². The van der Waals surface area contributed by atoms with Crippen molar-refractivity contribution in [3.8, 4) is 0 Å². The third kappa shape index (κ3) is 3.08. The van der Waals surface area contributed by atoms with Crippen LogP contribution in [0, 0.1) is 0 Å². The van der Waals surface area contributed by atoms with Gasteiger partial charge in [-0.1, -0.05) is 54.6 Å². The first-order valence-corrected chi connectivity index (χ1v) is 6.07. The predicted molar refractivity (Wildman–Crippen MR) is 72.1 cm³/mol. The lowest BCUT2D eigenvalue weighted by molar-refractivity contribution is -0.137. The van der Waals surface area contributed by atoms with E-state index >= 15 is 0 Å². The molecule has 0 heterocycles. The number of aliphatic hydroxyl groups excluding tert-OH is 1. The molecule has 0 unspecified atom stereocenters. The minimum atomic E-state index is -4.43. The highest BCUT2D eigenvalue weighted by Gasteiger charge is 2.33. The maximum absolute atomic E-state index is 13.1. The summed E-state index contributed by atoms with van der Waals surface area (Å²) in [7, 11) is 0. The van der Waals surface area contributed by atoms with Crippen LogP contribution in [-0.4, -0.2) is 11.7 Å². The third-order valence-electron chi connectivity index (χ3n) is 2.90. The molecule has 0 aliphatic carbocycles. The quantitative estimate of drug-likeness (QED) is 0.895. The van der Waals surface area contributed by atoms with E-state index in [1.165, 1.54) is 18.2 Å². The lowest BCUT2D eigenvalue weighted by Gasteiger charge is -2.15. The van der Waals surface area contributed by atoms with Crippen LogP contribution < -0.4 is 0 Å². The molecule has 0 atom stereocenters. The summed E-state index contributed by atoms with van der Waals surface area (Å²) in [4.78, 5) is 0. The van der Waals surface area contributed by atoms with E-state index in [-0.39, 0.29) is 12.2 Å². The van der Waals surface area contributed by atoms with Crippen LogP contribution in [0.2, 0.25) is 0 Å². The molecule has 0 saturated heterocycles. The zero-order chi connectivity index (χ0) is 14.6. The number of hydrogen-bond acceptors (Lipinski definition) is 1. The molecule has 0 saturated carbocycles. The van der Waals surface area contributed by atoms with Crippen molar-refractivity contribution in [2.75, 3.05) is 6.61 Å². The Balaban J connectivity index is 2.61. The summed E-state index contributed by atoms with van der Waals surface area (Å²) in [6.45, 7) is -0.323. The van der Waals surface area contributed by atoms with Gasteiger partial charge in [-0.05, 0) is 22.8 Å². The van der Waals surface area contributed by atoms with Crippen molar-refractivity contribution in [3.05, 3.63) is 77.4 Å². The highest BCUT2D eigenvalue weighted by molar-refractivity contribution is 5.81. The number of rotatable bonds is 3. The number of benzene rings is 2. The van der Waals surface area contributed by atoms with E-state index in [1.54, 1.807) is 36.4 Å². The zero-order valence-corrected chi connectivity index (χ0v) is 10.6. The van der Waals surface area contributed by atoms with Crippen LogP contribution >= 0.6 is 0 Å². The van der Waals surface area contributed by atoms with Gasteiger partial charge in [-0.3, -0.25) is 0 Å². The van der Waals surface area contributed by atoms with Gasteiger partial charge in [0.15, 0.2) is 0 Å². The smallest absolute Gasteiger partial charge is 0.392 e. The number of hydrogen-bond donors (Lipinski definition) is 1. The molecule has 104 valence electrons. The first kappa shape index (κ1) is 14.3. The summed E-state index contributed by atoms with van der Waals surface area (Å²) in [5, 5.41) is 9.10. The minimum Gasteiger partial charge on any atom is -0.392 e. The van der Waals surface area contributed by atoms with Gasteiger partial charge in [0.25, 0.3) is 0 Å². The Bertz CT molecular complexity index is 601. The highest BCUT2D eigenvalue weighted by atomic mass is 19.4. The van der Waals surface area contributed by atoms with Crippen molar-refractivity contribution in [3.63, 3.8) is 0 Å². The molecule has 2 aromatic carbocycles. The van der Waals surface area contributed by atoms with Crippen LogP contribution in [0.1, 0.15) is 16.7 Å². The van der Waals surface area contributed by atoms with Crippen LogP contribution in [0.15, 0.2) is 60.7 Å².